The van der Waals surface area contributed by atoms with Crippen LogP contribution in [0.2, 0.25) is 0 Å². The molecular formula is C24H20N6O2S2. The van der Waals surface area contributed by atoms with E-state index >= 15 is 0 Å². The zero-order valence-electron chi connectivity index (χ0n) is 17.9. The predicted molar refractivity (Wildman–Crippen MR) is 136 cm³/mol. The van der Waals surface area contributed by atoms with Crippen molar-refractivity contribution in [2.75, 3.05) is 16.9 Å². The van der Waals surface area contributed by atoms with Crippen LogP contribution < -0.4 is 25.2 Å². The summed E-state index contributed by atoms with van der Waals surface area (Å²) in [5.74, 6) is -0.174. The van der Waals surface area contributed by atoms with Gasteiger partial charge in [0.25, 0.3) is 0 Å². The molecule has 34 heavy (non-hydrogen) atoms. The first-order chi connectivity index (χ1) is 16.6. The first kappa shape index (κ1) is 20.8. The lowest BCUT2D eigenvalue weighted by atomic mass is 10.1. The summed E-state index contributed by atoms with van der Waals surface area (Å²) in [5, 5.41) is 14.9. The topological polar surface area (TPSA) is 109 Å². The summed E-state index contributed by atoms with van der Waals surface area (Å²) in [6.45, 7) is 1.93. The van der Waals surface area contributed by atoms with E-state index in [0.717, 1.165) is 39.3 Å². The third-order valence-corrected chi connectivity index (χ3v) is 7.69. The van der Waals surface area contributed by atoms with Crippen molar-refractivity contribution in [1.29, 1.82) is 0 Å². The molecule has 10 heteroatoms. The van der Waals surface area contributed by atoms with Gasteiger partial charge in [0.2, 0.25) is 11.0 Å². The van der Waals surface area contributed by atoms with Crippen LogP contribution in [-0.4, -0.2) is 26.8 Å². The summed E-state index contributed by atoms with van der Waals surface area (Å²) in [6, 6.07) is 18.9. The van der Waals surface area contributed by atoms with Gasteiger partial charge >= 0.3 is 5.69 Å². The molecule has 0 fully saturated rings. The maximum Gasteiger partial charge on any atom is 0.326 e. The number of aromatic hydroxyl groups is 1. The van der Waals surface area contributed by atoms with E-state index in [0.29, 0.717) is 10.9 Å². The molecule has 0 aliphatic carbocycles. The van der Waals surface area contributed by atoms with E-state index in [1.165, 1.54) is 39.9 Å². The van der Waals surface area contributed by atoms with Gasteiger partial charge in [0, 0.05) is 23.3 Å². The second-order valence-electron chi connectivity index (χ2n) is 8.02. The lowest BCUT2D eigenvalue weighted by Crippen LogP contribution is -2.19. The number of aromatic nitrogens is 2. The number of anilines is 2. The van der Waals surface area contributed by atoms with Crippen LogP contribution in [0.4, 0.5) is 11.4 Å². The number of H-pyrrole nitrogens is 2. The standard InChI is InChI=1S/C24H20N6O2S2/c31-21-18(25-23(32)26-21)11-17-12-20-22(33-17)27-24(34-20)29-28-16-6-7-19-15(10-16)8-9-30(19)13-14-4-2-1-3-5-14/h1-7,10-12,28,31H,8-9,13H2,(H2,25,26,32). The molecule has 0 amide bonds. The van der Waals surface area contributed by atoms with Crippen molar-refractivity contribution < 1.29 is 5.11 Å². The monoisotopic (exact) mass is 488 g/mol. The van der Waals surface area contributed by atoms with Crippen LogP contribution >= 0.6 is 23.1 Å². The highest BCUT2D eigenvalue weighted by atomic mass is 32.2. The van der Waals surface area contributed by atoms with Crippen molar-refractivity contribution in [3.8, 4) is 5.88 Å². The van der Waals surface area contributed by atoms with Crippen molar-refractivity contribution in [1.82, 2.24) is 9.97 Å². The average Bonchev–Trinajstić information content (AvgIpc) is 3.57. The minimum atomic E-state index is -0.442. The minimum absolute atomic E-state index is 0.174. The van der Waals surface area contributed by atoms with E-state index in [2.05, 4.69) is 72.9 Å². The third kappa shape index (κ3) is 4.13. The first-order valence-corrected chi connectivity index (χ1v) is 12.4. The van der Waals surface area contributed by atoms with Crippen molar-refractivity contribution in [3.05, 3.63) is 91.1 Å². The molecule has 2 aliphatic rings. The van der Waals surface area contributed by atoms with E-state index in [9.17, 15) is 9.90 Å². The number of imidazole rings is 1. The van der Waals surface area contributed by atoms with Gasteiger partial charge in [0.1, 0.15) is 10.4 Å². The second-order valence-corrected chi connectivity index (χ2v) is 10.1. The average molecular weight is 489 g/mol. The fourth-order valence-corrected chi connectivity index (χ4v) is 6.11. The summed E-state index contributed by atoms with van der Waals surface area (Å²) in [7, 11) is 0. The SMILES string of the molecule is O=c1[nH]c(O)c(C=c2cc3c(s2)=NC(=NNc2ccc4c(c2)CCN4Cc2ccccc2)S3)[nH]1. The number of rotatable bonds is 5. The number of hydrogen-bond donors (Lipinski definition) is 4. The van der Waals surface area contributed by atoms with Crippen molar-refractivity contribution in [2.24, 2.45) is 10.1 Å². The number of aromatic amines is 2. The maximum absolute atomic E-state index is 11.3. The molecule has 0 saturated carbocycles. The van der Waals surface area contributed by atoms with Crippen LogP contribution in [0.1, 0.15) is 16.8 Å². The molecule has 0 radical (unpaired) electrons. The number of benzene rings is 2. The summed E-state index contributed by atoms with van der Waals surface area (Å²) in [4.78, 5) is 24.1. The molecule has 6 rings (SSSR count). The van der Waals surface area contributed by atoms with Gasteiger partial charge in [0.15, 0.2) is 0 Å². The van der Waals surface area contributed by atoms with E-state index in [4.69, 9.17) is 0 Å². The number of fused-ring (bicyclic) bond motifs is 2. The lowest BCUT2D eigenvalue weighted by molar-refractivity contribution is 0.454. The fourth-order valence-electron chi connectivity index (χ4n) is 4.11. The van der Waals surface area contributed by atoms with Gasteiger partial charge in [-0.2, -0.15) is 0 Å². The summed E-state index contributed by atoms with van der Waals surface area (Å²) < 4.78 is 1.75. The zero-order valence-corrected chi connectivity index (χ0v) is 19.5. The Labute approximate surface area is 202 Å². The minimum Gasteiger partial charge on any atom is -0.493 e. The fraction of sp³-hybridized carbons (Fsp3) is 0.125. The highest BCUT2D eigenvalue weighted by Crippen LogP contribution is 2.32. The van der Waals surface area contributed by atoms with E-state index in [1.807, 2.05) is 12.1 Å². The molecule has 4 heterocycles. The van der Waals surface area contributed by atoms with Crippen LogP contribution in [0.15, 0.2) is 74.4 Å². The Kier molecular flexibility index (Phi) is 5.23. The first-order valence-electron chi connectivity index (χ1n) is 10.8. The van der Waals surface area contributed by atoms with E-state index < -0.39 is 5.69 Å². The number of thiophene rings is 1. The molecule has 0 bridgehead atoms. The molecule has 4 aromatic rings. The lowest BCUT2D eigenvalue weighted by Gasteiger charge is -2.19. The number of hydrazone groups is 1. The molecule has 2 aromatic heterocycles. The molecule has 170 valence electrons. The molecule has 2 aromatic carbocycles. The molecule has 8 nitrogen and oxygen atoms in total. The van der Waals surface area contributed by atoms with Gasteiger partial charge in [-0.1, -0.05) is 30.3 Å². The Morgan fingerprint density at radius 3 is 2.85 bits per heavy atom. The normalized spacial score (nSPS) is 16.1. The van der Waals surface area contributed by atoms with Crippen LogP contribution in [0.25, 0.3) is 6.08 Å². The van der Waals surface area contributed by atoms with Crippen LogP contribution in [0.5, 0.6) is 5.88 Å². The van der Waals surface area contributed by atoms with E-state index in [-0.39, 0.29) is 5.88 Å². The Morgan fingerprint density at radius 2 is 2.06 bits per heavy atom. The van der Waals surface area contributed by atoms with Gasteiger partial charge in [-0.15, -0.1) is 16.4 Å². The van der Waals surface area contributed by atoms with Gasteiger partial charge in [0.05, 0.1) is 10.6 Å². The summed E-state index contributed by atoms with van der Waals surface area (Å²) in [5.41, 5.74) is 7.92. The summed E-state index contributed by atoms with van der Waals surface area (Å²) in [6.07, 6.45) is 2.74. The second kappa shape index (κ2) is 8.54. The predicted octanol–water partition coefficient (Wildman–Crippen LogP) is 2.97. The largest absolute Gasteiger partial charge is 0.493 e. The zero-order chi connectivity index (χ0) is 23.1. The van der Waals surface area contributed by atoms with E-state index in [1.54, 1.807) is 6.08 Å². The Hall–Kier alpha value is -3.76. The van der Waals surface area contributed by atoms with Gasteiger partial charge in [-0.05, 0) is 59.7 Å². The number of nitrogens with one attached hydrogen (secondary N) is 3. The summed E-state index contributed by atoms with van der Waals surface area (Å²) >= 11 is 2.96. The van der Waals surface area contributed by atoms with Gasteiger partial charge in [-0.3, -0.25) is 10.4 Å². The van der Waals surface area contributed by atoms with Gasteiger partial charge in [-0.25, -0.2) is 9.79 Å². The Bertz CT molecular complexity index is 1590. The molecule has 0 saturated heterocycles. The number of hydrogen-bond acceptors (Lipinski definition) is 7. The molecule has 0 unspecified atom stereocenters. The maximum atomic E-state index is 11.3. The van der Waals surface area contributed by atoms with Crippen molar-refractivity contribution in [3.63, 3.8) is 0 Å². The Balaban J connectivity index is 1.16. The van der Waals surface area contributed by atoms with Crippen LogP contribution in [0, 0.1) is 0 Å². The highest BCUT2D eigenvalue weighted by Gasteiger charge is 2.20. The number of thioether (sulfide) groups is 1. The van der Waals surface area contributed by atoms with Crippen LogP contribution in [0.3, 0.4) is 0 Å². The molecule has 4 N–H and O–H groups in total. The quantitative estimate of drug-likeness (QED) is 0.323. The molecule has 2 aliphatic heterocycles. The van der Waals surface area contributed by atoms with Crippen molar-refractivity contribution in [2.45, 2.75) is 17.9 Å². The molecular weight excluding hydrogens is 468 g/mol. The molecule has 0 atom stereocenters. The third-order valence-electron chi connectivity index (χ3n) is 5.69. The van der Waals surface area contributed by atoms with Gasteiger partial charge < -0.3 is 15.0 Å². The van der Waals surface area contributed by atoms with Crippen molar-refractivity contribution >= 4 is 45.7 Å². The smallest absolute Gasteiger partial charge is 0.326 e. The number of nitrogens with zero attached hydrogens (tertiary/aromatic N) is 3. The number of amidine groups is 1. The van der Waals surface area contributed by atoms with Crippen LogP contribution in [-0.2, 0) is 13.0 Å². The molecule has 0 spiro atoms. The Morgan fingerprint density at radius 1 is 1.18 bits per heavy atom. The highest BCUT2D eigenvalue weighted by molar-refractivity contribution is 8.14.